The molecule has 1 aromatic heterocycles. The van der Waals surface area contributed by atoms with Crippen LogP contribution in [-0.4, -0.2) is 60.3 Å². The van der Waals surface area contributed by atoms with Crippen molar-refractivity contribution in [2.24, 2.45) is 0 Å². The van der Waals surface area contributed by atoms with Crippen molar-refractivity contribution in [3.8, 4) is 6.07 Å². The summed E-state index contributed by atoms with van der Waals surface area (Å²) in [5.74, 6) is 0.889. The number of aromatic nitrogens is 1. The average molecular weight is 343 g/mol. The molecule has 0 aromatic carbocycles. The first kappa shape index (κ1) is 17.5. The van der Waals surface area contributed by atoms with E-state index < -0.39 is 0 Å². The molecular formula is C18H25N5O2. The molecule has 0 radical (unpaired) electrons. The van der Waals surface area contributed by atoms with E-state index in [4.69, 9.17) is 10.00 Å². The van der Waals surface area contributed by atoms with Crippen molar-refractivity contribution < 1.29 is 9.53 Å². The topological polar surface area (TPSA) is 81.5 Å². The van der Waals surface area contributed by atoms with Crippen LogP contribution >= 0.6 is 0 Å². The molecule has 7 nitrogen and oxygen atoms in total. The Labute approximate surface area is 148 Å². The van der Waals surface area contributed by atoms with Crippen LogP contribution in [0.25, 0.3) is 0 Å². The molecule has 0 saturated carbocycles. The Morgan fingerprint density at radius 2 is 1.96 bits per heavy atom. The summed E-state index contributed by atoms with van der Waals surface area (Å²) in [6.07, 6.45) is 3.55. The van der Waals surface area contributed by atoms with Gasteiger partial charge < -0.3 is 19.9 Å². The van der Waals surface area contributed by atoms with Gasteiger partial charge in [-0.05, 0) is 38.8 Å². The van der Waals surface area contributed by atoms with Gasteiger partial charge in [0.05, 0.1) is 17.8 Å². The molecule has 0 aliphatic carbocycles. The van der Waals surface area contributed by atoms with Gasteiger partial charge in [0, 0.05) is 38.4 Å². The predicted octanol–water partition coefficient (Wildman–Crippen LogP) is 1.74. The summed E-state index contributed by atoms with van der Waals surface area (Å²) in [6.45, 7) is 6.98. The van der Waals surface area contributed by atoms with Crippen LogP contribution in [0.15, 0.2) is 18.3 Å². The van der Waals surface area contributed by atoms with Crippen molar-refractivity contribution in [2.75, 3.05) is 31.1 Å². The summed E-state index contributed by atoms with van der Waals surface area (Å²) in [6, 6.07) is 5.95. The Balaban J connectivity index is 1.48. The molecule has 1 aromatic rings. The van der Waals surface area contributed by atoms with Gasteiger partial charge in [0.2, 0.25) is 0 Å². The normalized spacial score (nSPS) is 24.7. The lowest BCUT2D eigenvalue weighted by atomic mass is 10.1. The first-order chi connectivity index (χ1) is 12.0. The molecule has 2 fully saturated rings. The number of ether oxygens (including phenoxy) is 1. The van der Waals surface area contributed by atoms with E-state index in [1.54, 1.807) is 12.3 Å². The largest absolute Gasteiger partial charge is 0.372 e. The molecule has 2 aliphatic heterocycles. The van der Waals surface area contributed by atoms with Crippen LogP contribution in [0.5, 0.6) is 0 Å². The maximum absolute atomic E-state index is 12.5. The lowest BCUT2D eigenvalue weighted by Gasteiger charge is -2.38. The van der Waals surface area contributed by atoms with E-state index in [0.717, 1.165) is 31.7 Å². The van der Waals surface area contributed by atoms with Gasteiger partial charge in [-0.2, -0.15) is 5.26 Å². The number of amides is 2. The molecule has 2 saturated heterocycles. The van der Waals surface area contributed by atoms with Crippen LogP contribution in [-0.2, 0) is 4.74 Å². The molecule has 7 heteroatoms. The van der Waals surface area contributed by atoms with Crippen molar-refractivity contribution in [3.63, 3.8) is 0 Å². The Bertz CT molecular complexity index is 624. The fraction of sp³-hybridized carbons (Fsp3) is 0.611. The van der Waals surface area contributed by atoms with E-state index in [1.165, 1.54) is 0 Å². The average Bonchev–Trinajstić information content (AvgIpc) is 2.61. The molecule has 3 rings (SSSR count). The Morgan fingerprint density at radius 1 is 1.28 bits per heavy atom. The van der Waals surface area contributed by atoms with Gasteiger partial charge in [0.15, 0.2) is 0 Å². The number of morpholine rings is 1. The summed E-state index contributed by atoms with van der Waals surface area (Å²) >= 11 is 0. The Kier molecular flexibility index (Phi) is 5.39. The second-order valence-electron chi connectivity index (χ2n) is 6.89. The van der Waals surface area contributed by atoms with E-state index in [1.807, 2.05) is 24.8 Å². The maximum Gasteiger partial charge on any atom is 0.317 e. The fourth-order valence-corrected chi connectivity index (χ4v) is 3.50. The number of nitriles is 1. The third-order valence-corrected chi connectivity index (χ3v) is 4.73. The molecule has 1 N–H and O–H groups in total. The second-order valence-corrected chi connectivity index (χ2v) is 6.89. The molecule has 0 unspecified atom stereocenters. The summed E-state index contributed by atoms with van der Waals surface area (Å²) in [4.78, 5) is 20.9. The highest BCUT2D eigenvalue weighted by Crippen LogP contribution is 2.19. The standard InChI is InChI=1S/C18H25N5O2/c1-13-11-23(12-14(2)25-13)18(24)21-16-5-7-22(8-6-16)17-4-3-15(9-19)10-20-17/h3-4,10,13-14,16H,5-8,11-12H2,1-2H3,(H,21,24)/t13-,14+. The van der Waals surface area contributed by atoms with Crippen LogP contribution in [0.2, 0.25) is 0 Å². The number of urea groups is 1. The molecule has 3 heterocycles. The van der Waals surface area contributed by atoms with Gasteiger partial charge >= 0.3 is 6.03 Å². The molecule has 2 amide bonds. The number of carbonyl (C=O) groups is 1. The number of pyridine rings is 1. The van der Waals surface area contributed by atoms with Crippen molar-refractivity contribution in [1.82, 2.24) is 15.2 Å². The molecular weight excluding hydrogens is 318 g/mol. The van der Waals surface area contributed by atoms with Gasteiger partial charge in [-0.1, -0.05) is 0 Å². The van der Waals surface area contributed by atoms with Crippen LogP contribution in [0, 0.1) is 11.3 Å². The lowest BCUT2D eigenvalue weighted by molar-refractivity contribution is -0.0548. The maximum atomic E-state index is 12.5. The molecule has 25 heavy (non-hydrogen) atoms. The Hall–Kier alpha value is -2.33. The number of anilines is 1. The predicted molar refractivity (Wildman–Crippen MR) is 94.3 cm³/mol. The molecule has 134 valence electrons. The minimum Gasteiger partial charge on any atom is -0.372 e. The smallest absolute Gasteiger partial charge is 0.317 e. The molecule has 2 atom stereocenters. The zero-order valence-corrected chi connectivity index (χ0v) is 14.8. The number of nitrogens with zero attached hydrogens (tertiary/aromatic N) is 4. The van der Waals surface area contributed by atoms with Gasteiger partial charge in [-0.3, -0.25) is 0 Å². The summed E-state index contributed by atoms with van der Waals surface area (Å²) in [7, 11) is 0. The number of hydrogen-bond donors (Lipinski definition) is 1. The zero-order chi connectivity index (χ0) is 17.8. The van der Waals surface area contributed by atoms with E-state index in [0.29, 0.717) is 18.7 Å². The highest BCUT2D eigenvalue weighted by atomic mass is 16.5. The number of rotatable bonds is 2. The monoisotopic (exact) mass is 343 g/mol. The lowest BCUT2D eigenvalue weighted by Crippen LogP contribution is -2.55. The van der Waals surface area contributed by atoms with Gasteiger partial charge in [0.25, 0.3) is 0 Å². The highest BCUT2D eigenvalue weighted by Gasteiger charge is 2.28. The highest BCUT2D eigenvalue weighted by molar-refractivity contribution is 5.74. The Morgan fingerprint density at radius 3 is 2.52 bits per heavy atom. The first-order valence-electron chi connectivity index (χ1n) is 8.87. The van der Waals surface area contributed by atoms with E-state index in [2.05, 4.69) is 21.3 Å². The van der Waals surface area contributed by atoms with Crippen molar-refractivity contribution in [2.45, 2.75) is 44.9 Å². The third-order valence-electron chi connectivity index (χ3n) is 4.73. The molecule has 2 aliphatic rings. The first-order valence-corrected chi connectivity index (χ1v) is 8.87. The minimum absolute atomic E-state index is 0.0111. The number of piperidine rings is 1. The fourth-order valence-electron chi connectivity index (χ4n) is 3.50. The second kappa shape index (κ2) is 7.70. The summed E-state index contributed by atoms with van der Waals surface area (Å²) in [5, 5.41) is 12.0. The minimum atomic E-state index is 0.0111. The van der Waals surface area contributed by atoms with Crippen molar-refractivity contribution in [1.29, 1.82) is 5.26 Å². The summed E-state index contributed by atoms with van der Waals surface area (Å²) in [5.41, 5.74) is 0.569. The van der Waals surface area contributed by atoms with Crippen LogP contribution in [0.4, 0.5) is 10.6 Å². The van der Waals surface area contributed by atoms with E-state index in [9.17, 15) is 4.79 Å². The zero-order valence-electron chi connectivity index (χ0n) is 14.8. The van der Waals surface area contributed by atoms with Crippen molar-refractivity contribution in [3.05, 3.63) is 23.9 Å². The van der Waals surface area contributed by atoms with Crippen LogP contribution in [0.3, 0.4) is 0 Å². The van der Waals surface area contributed by atoms with Gasteiger partial charge in [-0.15, -0.1) is 0 Å². The summed E-state index contributed by atoms with van der Waals surface area (Å²) < 4.78 is 5.68. The van der Waals surface area contributed by atoms with Gasteiger partial charge in [-0.25, -0.2) is 9.78 Å². The number of carbonyl (C=O) groups excluding carboxylic acids is 1. The molecule has 0 spiro atoms. The van der Waals surface area contributed by atoms with Crippen LogP contribution in [0.1, 0.15) is 32.3 Å². The number of hydrogen-bond acceptors (Lipinski definition) is 5. The number of nitrogens with one attached hydrogen (secondary N) is 1. The van der Waals surface area contributed by atoms with Crippen molar-refractivity contribution >= 4 is 11.8 Å². The third kappa shape index (κ3) is 4.40. The van der Waals surface area contributed by atoms with Gasteiger partial charge in [0.1, 0.15) is 11.9 Å². The SMILES string of the molecule is C[C@@H]1CN(C(=O)NC2CCN(c3ccc(C#N)cn3)CC2)C[C@H](C)O1. The van der Waals surface area contributed by atoms with E-state index in [-0.39, 0.29) is 24.3 Å². The molecule has 0 bridgehead atoms. The quantitative estimate of drug-likeness (QED) is 0.884. The van der Waals surface area contributed by atoms with Crippen LogP contribution < -0.4 is 10.2 Å². The van der Waals surface area contributed by atoms with E-state index >= 15 is 0 Å².